The van der Waals surface area contributed by atoms with Gasteiger partial charge in [0.2, 0.25) is 0 Å². The summed E-state index contributed by atoms with van der Waals surface area (Å²) < 4.78 is 13.2. The average Bonchev–Trinajstić information content (AvgIpc) is 2.26. The molecule has 88 valence electrons. The molecular weight excluding hydrogens is 199 g/mol. The largest absolute Gasteiger partial charge is 0.207 e. The fraction of sp³-hybridized carbons (Fsp3) is 0.333. The highest BCUT2D eigenvalue weighted by atomic mass is 19.1. The first-order valence-corrected chi connectivity index (χ1v) is 5.26. The average molecular weight is 220 g/mol. The van der Waals surface area contributed by atoms with Gasteiger partial charge in [-0.2, -0.15) is 0 Å². The van der Waals surface area contributed by atoms with Crippen LogP contribution >= 0.6 is 0 Å². The van der Waals surface area contributed by atoms with Crippen LogP contribution in [0.25, 0.3) is 0 Å². The predicted octanol–water partition coefficient (Wildman–Crippen LogP) is 5.13. The molecule has 0 aliphatic rings. The summed E-state index contributed by atoms with van der Waals surface area (Å²) in [4.78, 5) is 0. The van der Waals surface area contributed by atoms with E-state index in [0.29, 0.717) is 5.57 Å². The van der Waals surface area contributed by atoms with Crippen molar-refractivity contribution in [3.05, 3.63) is 60.5 Å². The molecule has 0 rings (SSSR count). The second-order valence-corrected chi connectivity index (χ2v) is 4.47. The predicted molar refractivity (Wildman–Crippen MR) is 70.9 cm³/mol. The molecule has 0 saturated heterocycles. The SMILES string of the molecule is C=C/C(F)=C(C)/C=C(\C)C(=C)C(C)(C)C=C. The maximum atomic E-state index is 13.2. The monoisotopic (exact) mass is 220 g/mol. The Balaban J connectivity index is 5.17. The Morgan fingerprint density at radius 2 is 1.69 bits per heavy atom. The van der Waals surface area contributed by atoms with Crippen LogP contribution in [0.4, 0.5) is 4.39 Å². The third kappa shape index (κ3) is 3.65. The molecule has 0 aromatic carbocycles. The van der Waals surface area contributed by atoms with Gasteiger partial charge in [-0.1, -0.05) is 39.2 Å². The molecule has 0 aromatic rings. The minimum Gasteiger partial charge on any atom is -0.207 e. The topological polar surface area (TPSA) is 0 Å². The second kappa shape index (κ2) is 5.64. The normalized spacial score (nSPS) is 14.2. The molecule has 0 bridgehead atoms. The van der Waals surface area contributed by atoms with Gasteiger partial charge in [-0.05, 0) is 36.6 Å². The lowest BCUT2D eigenvalue weighted by Crippen LogP contribution is -2.11. The van der Waals surface area contributed by atoms with Gasteiger partial charge >= 0.3 is 0 Å². The summed E-state index contributed by atoms with van der Waals surface area (Å²) in [6.07, 6.45) is 4.83. The Kier molecular flexibility index (Phi) is 5.16. The van der Waals surface area contributed by atoms with E-state index in [9.17, 15) is 4.39 Å². The molecule has 0 N–H and O–H groups in total. The smallest absolute Gasteiger partial charge is 0.125 e. The molecule has 0 fully saturated rings. The van der Waals surface area contributed by atoms with Crippen molar-refractivity contribution >= 4 is 0 Å². The van der Waals surface area contributed by atoms with Gasteiger partial charge in [0, 0.05) is 5.41 Å². The van der Waals surface area contributed by atoms with Crippen LogP contribution in [-0.2, 0) is 0 Å². The lowest BCUT2D eigenvalue weighted by atomic mass is 9.81. The van der Waals surface area contributed by atoms with Crippen LogP contribution in [0.1, 0.15) is 27.7 Å². The van der Waals surface area contributed by atoms with E-state index in [1.807, 2.05) is 26.8 Å². The van der Waals surface area contributed by atoms with Gasteiger partial charge in [-0.25, -0.2) is 4.39 Å². The van der Waals surface area contributed by atoms with Gasteiger partial charge in [-0.3, -0.25) is 0 Å². The fourth-order valence-electron chi connectivity index (χ4n) is 1.27. The molecule has 0 nitrogen and oxygen atoms in total. The zero-order valence-electron chi connectivity index (χ0n) is 10.7. The van der Waals surface area contributed by atoms with Gasteiger partial charge < -0.3 is 0 Å². The molecule has 0 aromatic heterocycles. The van der Waals surface area contributed by atoms with Crippen molar-refractivity contribution in [1.29, 1.82) is 0 Å². The summed E-state index contributed by atoms with van der Waals surface area (Å²) in [5.41, 5.74) is 2.29. The molecule has 0 unspecified atom stereocenters. The molecule has 0 aliphatic carbocycles. The molecule has 0 aliphatic heterocycles. The number of hydrogen-bond acceptors (Lipinski definition) is 0. The van der Waals surface area contributed by atoms with Crippen molar-refractivity contribution in [2.45, 2.75) is 27.7 Å². The van der Waals surface area contributed by atoms with E-state index in [2.05, 4.69) is 19.7 Å². The van der Waals surface area contributed by atoms with E-state index in [1.54, 1.807) is 13.0 Å². The van der Waals surface area contributed by atoms with Gasteiger partial charge in [0.1, 0.15) is 5.83 Å². The fourth-order valence-corrected chi connectivity index (χ4v) is 1.27. The van der Waals surface area contributed by atoms with Gasteiger partial charge in [0.15, 0.2) is 0 Å². The standard InChI is InChI=1S/C15H21F/c1-8-14(16)12(4)10-11(3)13(5)15(6,7)9-2/h8-10H,1-2,5H2,3-4,6-7H3/b11-10+,14-12-. The Labute approximate surface area is 98.6 Å². The molecule has 0 spiro atoms. The van der Waals surface area contributed by atoms with Crippen molar-refractivity contribution < 1.29 is 4.39 Å². The van der Waals surface area contributed by atoms with Gasteiger partial charge in [-0.15, -0.1) is 6.58 Å². The Morgan fingerprint density at radius 3 is 2.06 bits per heavy atom. The highest BCUT2D eigenvalue weighted by molar-refractivity contribution is 5.40. The van der Waals surface area contributed by atoms with E-state index in [0.717, 1.165) is 11.1 Å². The Bertz CT molecular complexity index is 365. The maximum Gasteiger partial charge on any atom is 0.125 e. The molecule has 0 heterocycles. The highest BCUT2D eigenvalue weighted by Crippen LogP contribution is 2.31. The summed E-state index contributed by atoms with van der Waals surface area (Å²) >= 11 is 0. The molecule has 0 radical (unpaired) electrons. The van der Waals surface area contributed by atoms with Crippen LogP contribution in [0.15, 0.2) is 60.5 Å². The molecular formula is C15H21F. The Morgan fingerprint density at radius 1 is 1.19 bits per heavy atom. The van der Waals surface area contributed by atoms with Gasteiger partial charge in [0.25, 0.3) is 0 Å². The van der Waals surface area contributed by atoms with E-state index >= 15 is 0 Å². The quantitative estimate of drug-likeness (QED) is 0.445. The minimum absolute atomic E-state index is 0.175. The van der Waals surface area contributed by atoms with Crippen molar-refractivity contribution in [1.82, 2.24) is 0 Å². The van der Waals surface area contributed by atoms with E-state index in [4.69, 9.17) is 0 Å². The molecule has 0 atom stereocenters. The molecule has 16 heavy (non-hydrogen) atoms. The van der Waals surface area contributed by atoms with Crippen molar-refractivity contribution in [2.24, 2.45) is 5.41 Å². The first kappa shape index (κ1) is 14.6. The third-order valence-corrected chi connectivity index (χ3v) is 2.75. The van der Waals surface area contributed by atoms with Crippen LogP contribution in [0.3, 0.4) is 0 Å². The zero-order valence-corrected chi connectivity index (χ0v) is 10.7. The first-order chi connectivity index (χ1) is 7.26. The molecule has 0 saturated carbocycles. The first-order valence-electron chi connectivity index (χ1n) is 5.26. The summed E-state index contributed by atoms with van der Waals surface area (Å²) in [5, 5.41) is 0. The zero-order chi connectivity index (χ0) is 12.9. The lowest BCUT2D eigenvalue weighted by Gasteiger charge is -2.23. The number of hydrogen-bond donors (Lipinski definition) is 0. The highest BCUT2D eigenvalue weighted by Gasteiger charge is 2.18. The number of halogens is 1. The summed E-state index contributed by atoms with van der Waals surface area (Å²) in [6.45, 7) is 18.9. The lowest BCUT2D eigenvalue weighted by molar-refractivity contribution is 0.590. The van der Waals surface area contributed by atoms with Crippen LogP contribution in [0, 0.1) is 5.41 Å². The summed E-state index contributed by atoms with van der Waals surface area (Å²) in [5.74, 6) is -0.302. The van der Waals surface area contributed by atoms with Crippen LogP contribution in [0.2, 0.25) is 0 Å². The summed E-state index contributed by atoms with van der Waals surface area (Å²) in [6, 6.07) is 0. The van der Waals surface area contributed by atoms with Crippen molar-refractivity contribution in [3.8, 4) is 0 Å². The third-order valence-electron chi connectivity index (χ3n) is 2.75. The Hall–Kier alpha value is -1.37. The number of rotatable bonds is 5. The number of allylic oxidation sites excluding steroid dienone is 7. The van der Waals surface area contributed by atoms with Crippen molar-refractivity contribution in [2.75, 3.05) is 0 Å². The van der Waals surface area contributed by atoms with Crippen molar-refractivity contribution in [3.63, 3.8) is 0 Å². The van der Waals surface area contributed by atoms with Gasteiger partial charge in [0.05, 0.1) is 0 Å². The maximum absolute atomic E-state index is 13.2. The molecule has 0 amide bonds. The van der Waals surface area contributed by atoms with E-state index in [-0.39, 0.29) is 11.2 Å². The van der Waals surface area contributed by atoms with Crippen LogP contribution < -0.4 is 0 Å². The second-order valence-electron chi connectivity index (χ2n) is 4.47. The van der Waals surface area contributed by atoms with Crippen LogP contribution in [0.5, 0.6) is 0 Å². The summed E-state index contributed by atoms with van der Waals surface area (Å²) in [7, 11) is 0. The minimum atomic E-state index is -0.302. The van der Waals surface area contributed by atoms with E-state index < -0.39 is 0 Å². The molecule has 1 heteroatoms. The van der Waals surface area contributed by atoms with E-state index in [1.165, 1.54) is 6.08 Å². The van der Waals surface area contributed by atoms with Crippen LogP contribution in [-0.4, -0.2) is 0 Å².